The molecule has 0 aromatic heterocycles. The number of ether oxygens (including phenoxy) is 2. The predicted octanol–water partition coefficient (Wildman–Crippen LogP) is 1.45. The van der Waals surface area contributed by atoms with Gasteiger partial charge in [0.25, 0.3) is 0 Å². The van der Waals surface area contributed by atoms with E-state index in [9.17, 15) is 0 Å². The highest BCUT2D eigenvalue weighted by atomic mass is 16.5. The smallest absolute Gasteiger partial charge is 0.0604 e. The normalized spacial score (nSPS) is 48.5. The summed E-state index contributed by atoms with van der Waals surface area (Å²) in [4.78, 5) is 0. The van der Waals surface area contributed by atoms with Gasteiger partial charge in [-0.25, -0.2) is 0 Å². The Morgan fingerprint density at radius 2 is 1.27 bits per heavy atom. The summed E-state index contributed by atoms with van der Waals surface area (Å²) < 4.78 is 10.8. The van der Waals surface area contributed by atoms with E-state index in [1.165, 1.54) is 19.3 Å². The molecule has 4 atom stereocenters. The fraction of sp³-hybridized carbons (Fsp3) is 1.00. The highest BCUT2D eigenvalue weighted by molar-refractivity contribution is 4.96. The summed E-state index contributed by atoms with van der Waals surface area (Å²) in [5.74, 6) is 1.57. The summed E-state index contributed by atoms with van der Waals surface area (Å²) in [7, 11) is 3.65. The van der Waals surface area contributed by atoms with Crippen molar-refractivity contribution in [3.8, 4) is 0 Å². The van der Waals surface area contributed by atoms with Gasteiger partial charge in [0.2, 0.25) is 0 Å². The molecular formula is C9H16O2. The van der Waals surface area contributed by atoms with Crippen molar-refractivity contribution < 1.29 is 9.47 Å². The molecule has 2 saturated carbocycles. The molecule has 0 N–H and O–H groups in total. The van der Waals surface area contributed by atoms with Crippen LogP contribution in [-0.2, 0) is 9.47 Å². The lowest BCUT2D eigenvalue weighted by molar-refractivity contribution is -0.00331. The summed E-state index contributed by atoms with van der Waals surface area (Å²) >= 11 is 0. The van der Waals surface area contributed by atoms with Crippen LogP contribution >= 0.6 is 0 Å². The number of hydrogen-bond donors (Lipinski definition) is 0. The minimum Gasteiger partial charge on any atom is -0.381 e. The highest BCUT2D eigenvalue weighted by Gasteiger charge is 2.46. The second-order valence-corrected chi connectivity index (χ2v) is 3.78. The lowest BCUT2D eigenvalue weighted by Crippen LogP contribution is -2.27. The average molecular weight is 156 g/mol. The number of fused-ring (bicyclic) bond motifs is 2. The van der Waals surface area contributed by atoms with Crippen LogP contribution in [0.3, 0.4) is 0 Å². The van der Waals surface area contributed by atoms with Crippen molar-refractivity contribution in [1.29, 1.82) is 0 Å². The van der Waals surface area contributed by atoms with Crippen molar-refractivity contribution in [3.05, 3.63) is 0 Å². The lowest BCUT2D eigenvalue weighted by Gasteiger charge is -2.25. The topological polar surface area (TPSA) is 18.5 Å². The zero-order chi connectivity index (χ0) is 7.84. The van der Waals surface area contributed by atoms with E-state index in [1.807, 2.05) is 14.2 Å². The van der Waals surface area contributed by atoms with Gasteiger partial charge in [0.05, 0.1) is 12.2 Å². The molecular weight excluding hydrogens is 140 g/mol. The maximum atomic E-state index is 5.38. The van der Waals surface area contributed by atoms with Crippen LogP contribution in [0, 0.1) is 11.8 Å². The molecule has 0 heterocycles. The monoisotopic (exact) mass is 156 g/mol. The van der Waals surface area contributed by atoms with Crippen molar-refractivity contribution in [2.45, 2.75) is 31.5 Å². The summed E-state index contributed by atoms with van der Waals surface area (Å²) in [6.45, 7) is 0. The zero-order valence-corrected chi connectivity index (χ0v) is 7.25. The van der Waals surface area contributed by atoms with E-state index >= 15 is 0 Å². The predicted molar refractivity (Wildman–Crippen MR) is 42.4 cm³/mol. The van der Waals surface area contributed by atoms with E-state index in [0.717, 1.165) is 11.8 Å². The van der Waals surface area contributed by atoms with Crippen LogP contribution in [0.5, 0.6) is 0 Å². The minimum atomic E-state index is 0.534. The summed E-state index contributed by atoms with van der Waals surface area (Å²) in [5.41, 5.74) is 0. The quantitative estimate of drug-likeness (QED) is 0.602. The molecule has 2 fully saturated rings. The molecule has 11 heavy (non-hydrogen) atoms. The standard InChI is InChI=1S/C9H16O2/c1-10-8-4-7-3-6(8)5-9(7)11-2/h6-9H,3-5H2,1-2H3. The molecule has 0 spiro atoms. The molecule has 2 heteroatoms. The number of methoxy groups -OCH3 is 2. The van der Waals surface area contributed by atoms with Crippen molar-refractivity contribution in [1.82, 2.24) is 0 Å². The van der Waals surface area contributed by atoms with Crippen molar-refractivity contribution in [2.75, 3.05) is 14.2 Å². The van der Waals surface area contributed by atoms with Crippen LogP contribution < -0.4 is 0 Å². The Kier molecular flexibility index (Phi) is 1.90. The van der Waals surface area contributed by atoms with Gasteiger partial charge < -0.3 is 9.47 Å². The van der Waals surface area contributed by atoms with Gasteiger partial charge in [-0.05, 0) is 31.1 Å². The van der Waals surface area contributed by atoms with Gasteiger partial charge in [0, 0.05) is 14.2 Å². The molecule has 0 radical (unpaired) electrons. The van der Waals surface area contributed by atoms with Gasteiger partial charge in [-0.15, -0.1) is 0 Å². The minimum absolute atomic E-state index is 0.534. The Morgan fingerprint density at radius 3 is 1.55 bits per heavy atom. The molecule has 0 aliphatic heterocycles. The van der Waals surface area contributed by atoms with Gasteiger partial charge in [-0.3, -0.25) is 0 Å². The van der Waals surface area contributed by atoms with Gasteiger partial charge >= 0.3 is 0 Å². The second-order valence-electron chi connectivity index (χ2n) is 3.78. The lowest BCUT2D eigenvalue weighted by atomic mass is 9.95. The number of hydrogen-bond acceptors (Lipinski definition) is 2. The van der Waals surface area contributed by atoms with Crippen LogP contribution in [-0.4, -0.2) is 26.4 Å². The Morgan fingerprint density at radius 1 is 0.818 bits per heavy atom. The van der Waals surface area contributed by atoms with Crippen LogP contribution in [0.2, 0.25) is 0 Å². The molecule has 2 aliphatic carbocycles. The third-order valence-corrected chi connectivity index (χ3v) is 3.33. The van der Waals surface area contributed by atoms with Gasteiger partial charge in [0.1, 0.15) is 0 Å². The zero-order valence-electron chi connectivity index (χ0n) is 7.25. The van der Waals surface area contributed by atoms with Crippen molar-refractivity contribution >= 4 is 0 Å². The maximum Gasteiger partial charge on any atom is 0.0604 e. The molecule has 0 aromatic rings. The fourth-order valence-electron chi connectivity index (χ4n) is 2.75. The molecule has 2 bridgehead atoms. The molecule has 2 aliphatic rings. The third-order valence-electron chi connectivity index (χ3n) is 3.33. The first kappa shape index (κ1) is 7.56. The van der Waals surface area contributed by atoms with Crippen LogP contribution in [0.15, 0.2) is 0 Å². The molecule has 64 valence electrons. The van der Waals surface area contributed by atoms with Crippen LogP contribution in [0.4, 0.5) is 0 Å². The number of rotatable bonds is 2. The summed E-state index contributed by atoms with van der Waals surface area (Å²) in [6, 6.07) is 0. The van der Waals surface area contributed by atoms with Gasteiger partial charge in [-0.2, -0.15) is 0 Å². The molecule has 0 amide bonds. The van der Waals surface area contributed by atoms with E-state index in [4.69, 9.17) is 9.47 Å². The van der Waals surface area contributed by atoms with Gasteiger partial charge in [0.15, 0.2) is 0 Å². The average Bonchev–Trinajstić information content (AvgIpc) is 2.60. The van der Waals surface area contributed by atoms with E-state index in [-0.39, 0.29) is 0 Å². The van der Waals surface area contributed by atoms with E-state index in [2.05, 4.69) is 0 Å². The Bertz CT molecular complexity index is 130. The van der Waals surface area contributed by atoms with Gasteiger partial charge in [-0.1, -0.05) is 0 Å². The van der Waals surface area contributed by atoms with Crippen LogP contribution in [0.1, 0.15) is 19.3 Å². The largest absolute Gasteiger partial charge is 0.381 e. The molecule has 4 unspecified atom stereocenters. The summed E-state index contributed by atoms with van der Waals surface area (Å²) in [6.07, 6.45) is 4.84. The van der Waals surface area contributed by atoms with Crippen LogP contribution in [0.25, 0.3) is 0 Å². The van der Waals surface area contributed by atoms with E-state index < -0.39 is 0 Å². The molecule has 0 aromatic carbocycles. The first-order chi connectivity index (χ1) is 5.35. The maximum absolute atomic E-state index is 5.38. The van der Waals surface area contributed by atoms with Crippen molar-refractivity contribution in [2.24, 2.45) is 11.8 Å². The van der Waals surface area contributed by atoms with E-state index in [0.29, 0.717) is 12.2 Å². The van der Waals surface area contributed by atoms with E-state index in [1.54, 1.807) is 0 Å². The molecule has 0 saturated heterocycles. The SMILES string of the molecule is COC1CC2CC1CC2OC. The first-order valence-corrected chi connectivity index (χ1v) is 4.40. The highest BCUT2D eigenvalue weighted by Crippen LogP contribution is 2.46. The summed E-state index contributed by atoms with van der Waals surface area (Å²) in [5, 5.41) is 0. The third kappa shape index (κ3) is 1.09. The Balaban J connectivity index is 1.97. The fourth-order valence-corrected chi connectivity index (χ4v) is 2.75. The Labute approximate surface area is 67.9 Å². The van der Waals surface area contributed by atoms with Crippen molar-refractivity contribution in [3.63, 3.8) is 0 Å². The first-order valence-electron chi connectivity index (χ1n) is 4.40. The molecule has 2 rings (SSSR count). The molecule has 2 nitrogen and oxygen atoms in total. The second kappa shape index (κ2) is 2.76. The Hall–Kier alpha value is -0.0800.